The number of carbonyl (C=O) groups is 1. The Labute approximate surface area is 152 Å². The van der Waals surface area contributed by atoms with Gasteiger partial charge < -0.3 is 5.11 Å². The van der Waals surface area contributed by atoms with E-state index in [4.69, 9.17) is 6.42 Å². The summed E-state index contributed by atoms with van der Waals surface area (Å²) in [4.78, 5) is 12.8. The molecule has 4 rings (SSSR count). The fourth-order valence-corrected chi connectivity index (χ4v) is 7.46. The minimum atomic E-state index is -0.387. The van der Waals surface area contributed by atoms with E-state index >= 15 is 0 Å². The van der Waals surface area contributed by atoms with Crippen LogP contribution in [0.4, 0.5) is 0 Å². The van der Waals surface area contributed by atoms with Gasteiger partial charge in [-0.25, -0.2) is 0 Å². The highest BCUT2D eigenvalue weighted by Crippen LogP contribution is 2.66. The SMILES string of the molecule is C#C[C@@H]1C[C@@]2(C)C(=C(C)C[C@@H]3[C@@H]2CC[C@]2(C)C(=O)[C@H](C)C[C@@H]32)C[C@H]1O. The number of hydrogen-bond donors (Lipinski definition) is 1. The van der Waals surface area contributed by atoms with Gasteiger partial charge in [-0.15, -0.1) is 12.3 Å². The third-order valence-electron chi connectivity index (χ3n) is 8.75. The maximum Gasteiger partial charge on any atom is 0.141 e. The zero-order valence-corrected chi connectivity index (χ0v) is 16.1. The molecule has 2 nitrogen and oxygen atoms in total. The molecule has 4 aliphatic rings. The third-order valence-corrected chi connectivity index (χ3v) is 8.75. The minimum Gasteiger partial charge on any atom is -0.392 e. The van der Waals surface area contributed by atoms with Gasteiger partial charge in [-0.1, -0.05) is 31.9 Å². The quantitative estimate of drug-likeness (QED) is 0.525. The lowest BCUT2D eigenvalue weighted by molar-refractivity contribution is -0.134. The average Bonchev–Trinajstić information content (AvgIpc) is 2.80. The third kappa shape index (κ3) is 2.18. The van der Waals surface area contributed by atoms with Gasteiger partial charge >= 0.3 is 0 Å². The molecule has 0 aromatic rings. The van der Waals surface area contributed by atoms with Crippen LogP contribution in [-0.2, 0) is 4.79 Å². The van der Waals surface area contributed by atoms with Crippen molar-refractivity contribution in [3.8, 4) is 12.3 Å². The molecule has 0 bridgehead atoms. The summed E-state index contributed by atoms with van der Waals surface area (Å²) in [5.41, 5.74) is 2.96. The minimum absolute atomic E-state index is 0.0299. The summed E-state index contributed by atoms with van der Waals surface area (Å²) in [5, 5.41) is 10.5. The zero-order chi connectivity index (χ0) is 18.1. The highest BCUT2D eigenvalue weighted by atomic mass is 16.3. The largest absolute Gasteiger partial charge is 0.392 e. The molecule has 3 saturated carbocycles. The molecule has 0 aromatic heterocycles. The first-order valence-corrected chi connectivity index (χ1v) is 10.1. The van der Waals surface area contributed by atoms with E-state index < -0.39 is 0 Å². The average molecular weight is 341 g/mol. The van der Waals surface area contributed by atoms with Crippen molar-refractivity contribution in [3.05, 3.63) is 11.1 Å². The van der Waals surface area contributed by atoms with Gasteiger partial charge in [-0.3, -0.25) is 4.79 Å². The number of fused-ring (bicyclic) bond motifs is 5. The molecule has 0 amide bonds. The Morgan fingerprint density at radius 1 is 1.20 bits per heavy atom. The molecule has 4 aliphatic carbocycles. The Morgan fingerprint density at radius 2 is 1.92 bits per heavy atom. The monoisotopic (exact) mass is 340 g/mol. The lowest BCUT2D eigenvalue weighted by Gasteiger charge is -2.58. The van der Waals surface area contributed by atoms with Gasteiger partial charge in [0.25, 0.3) is 0 Å². The van der Waals surface area contributed by atoms with Crippen LogP contribution < -0.4 is 0 Å². The lowest BCUT2D eigenvalue weighted by Crippen LogP contribution is -2.52. The van der Waals surface area contributed by atoms with Crippen molar-refractivity contribution in [2.24, 2.45) is 40.4 Å². The van der Waals surface area contributed by atoms with Gasteiger partial charge in [0.15, 0.2) is 0 Å². The van der Waals surface area contributed by atoms with Crippen LogP contribution in [0, 0.1) is 52.8 Å². The Bertz CT molecular complexity index is 683. The molecular formula is C23H32O2. The first-order chi connectivity index (χ1) is 11.7. The molecule has 1 N–H and O–H groups in total. The number of carbonyl (C=O) groups excluding carboxylic acids is 1. The Balaban J connectivity index is 1.75. The van der Waals surface area contributed by atoms with Crippen molar-refractivity contribution in [2.75, 3.05) is 0 Å². The van der Waals surface area contributed by atoms with E-state index in [1.807, 2.05) is 0 Å². The zero-order valence-electron chi connectivity index (χ0n) is 16.1. The van der Waals surface area contributed by atoms with Crippen molar-refractivity contribution in [2.45, 2.75) is 72.3 Å². The lowest BCUT2D eigenvalue weighted by atomic mass is 9.46. The van der Waals surface area contributed by atoms with Crippen LogP contribution >= 0.6 is 0 Å². The molecule has 0 spiro atoms. The number of aliphatic hydroxyl groups excluding tert-OH is 1. The van der Waals surface area contributed by atoms with Crippen molar-refractivity contribution in [3.63, 3.8) is 0 Å². The smallest absolute Gasteiger partial charge is 0.141 e. The van der Waals surface area contributed by atoms with Gasteiger partial charge in [0, 0.05) is 17.3 Å². The molecule has 136 valence electrons. The fraction of sp³-hybridized carbons (Fsp3) is 0.783. The van der Waals surface area contributed by atoms with Crippen LogP contribution in [0.3, 0.4) is 0 Å². The van der Waals surface area contributed by atoms with Crippen LogP contribution in [0.1, 0.15) is 66.2 Å². The predicted molar refractivity (Wildman–Crippen MR) is 99.6 cm³/mol. The van der Waals surface area contributed by atoms with Crippen LogP contribution in [0.5, 0.6) is 0 Å². The summed E-state index contributed by atoms with van der Waals surface area (Å²) >= 11 is 0. The maximum atomic E-state index is 12.8. The van der Waals surface area contributed by atoms with Gasteiger partial charge in [0.2, 0.25) is 0 Å². The van der Waals surface area contributed by atoms with Gasteiger partial charge in [0.05, 0.1) is 6.10 Å². The van der Waals surface area contributed by atoms with Crippen molar-refractivity contribution < 1.29 is 9.90 Å². The summed E-state index contributed by atoms with van der Waals surface area (Å²) in [6.07, 6.45) is 11.4. The molecule has 0 unspecified atom stereocenters. The van der Waals surface area contributed by atoms with E-state index in [2.05, 4.69) is 33.6 Å². The van der Waals surface area contributed by atoms with E-state index in [1.165, 1.54) is 11.1 Å². The Morgan fingerprint density at radius 3 is 2.60 bits per heavy atom. The number of ketones is 1. The first kappa shape index (κ1) is 17.3. The number of rotatable bonds is 0. The van der Waals surface area contributed by atoms with E-state index in [0.29, 0.717) is 23.5 Å². The van der Waals surface area contributed by atoms with Gasteiger partial charge in [0.1, 0.15) is 5.78 Å². The van der Waals surface area contributed by atoms with Crippen LogP contribution in [0.25, 0.3) is 0 Å². The molecule has 0 saturated heterocycles. The predicted octanol–water partition coefficient (Wildman–Crippen LogP) is 4.37. The summed E-state index contributed by atoms with van der Waals surface area (Å²) in [6, 6.07) is 0. The first-order valence-electron chi connectivity index (χ1n) is 10.1. The summed E-state index contributed by atoms with van der Waals surface area (Å²) in [7, 11) is 0. The second-order valence-electron chi connectivity index (χ2n) is 9.96. The fourth-order valence-electron chi connectivity index (χ4n) is 7.46. The maximum absolute atomic E-state index is 12.8. The van der Waals surface area contributed by atoms with Gasteiger partial charge in [-0.05, 0) is 68.6 Å². The van der Waals surface area contributed by atoms with Crippen LogP contribution in [0.15, 0.2) is 11.1 Å². The van der Waals surface area contributed by atoms with Crippen molar-refractivity contribution in [1.82, 2.24) is 0 Å². The molecule has 0 aromatic carbocycles. The number of terminal acetylenes is 1. The van der Waals surface area contributed by atoms with E-state index in [0.717, 1.165) is 38.5 Å². The van der Waals surface area contributed by atoms with E-state index in [-0.39, 0.29) is 28.8 Å². The summed E-state index contributed by atoms with van der Waals surface area (Å²) in [5.74, 6) is 5.31. The van der Waals surface area contributed by atoms with E-state index in [1.54, 1.807) is 0 Å². The molecule has 0 radical (unpaired) electrons. The van der Waals surface area contributed by atoms with Crippen LogP contribution in [-0.4, -0.2) is 17.0 Å². The second kappa shape index (κ2) is 5.46. The number of hydrogen-bond acceptors (Lipinski definition) is 2. The van der Waals surface area contributed by atoms with Crippen molar-refractivity contribution in [1.29, 1.82) is 0 Å². The molecule has 0 aliphatic heterocycles. The topological polar surface area (TPSA) is 37.3 Å². The highest BCUT2D eigenvalue weighted by Gasteiger charge is 2.61. The molecular weight excluding hydrogens is 308 g/mol. The second-order valence-corrected chi connectivity index (χ2v) is 9.96. The summed E-state index contributed by atoms with van der Waals surface area (Å²) in [6.45, 7) is 9.04. The number of aliphatic hydroxyl groups is 1. The normalized spacial score (nSPS) is 52.2. The van der Waals surface area contributed by atoms with Crippen molar-refractivity contribution >= 4 is 5.78 Å². The molecule has 3 fully saturated rings. The number of Topliss-reactive ketones (excluding diaryl/α,β-unsaturated/α-hetero) is 1. The molecule has 8 atom stereocenters. The standard InChI is InChI=1S/C23H32O2/c1-6-15-12-23(5)17-7-8-22(4)19(10-14(3)21(22)25)16(17)9-13(2)18(23)11-20(15)24/h1,14-17,19-20,24H,7-12H2,2-5H3/t14-,15-,16-,17+,19+,20-,22+,23-/m1/s1. The highest BCUT2D eigenvalue weighted by molar-refractivity contribution is 5.89. The Hall–Kier alpha value is -1.07. The summed E-state index contributed by atoms with van der Waals surface area (Å²) < 4.78 is 0. The molecule has 0 heterocycles. The molecule has 2 heteroatoms. The Kier molecular flexibility index (Phi) is 3.79. The van der Waals surface area contributed by atoms with Crippen LogP contribution in [0.2, 0.25) is 0 Å². The van der Waals surface area contributed by atoms with Gasteiger partial charge in [-0.2, -0.15) is 0 Å². The molecule has 25 heavy (non-hydrogen) atoms. The van der Waals surface area contributed by atoms with E-state index in [9.17, 15) is 9.90 Å². The number of allylic oxidation sites excluding steroid dienone is 1.